The van der Waals surface area contributed by atoms with Gasteiger partial charge in [0.1, 0.15) is 6.61 Å². The van der Waals surface area contributed by atoms with Gasteiger partial charge in [0.25, 0.3) is 0 Å². The Bertz CT molecular complexity index is 1050. The second kappa shape index (κ2) is 5.59. The molecule has 5 rings (SSSR count). The number of H-pyrrole nitrogens is 1. The number of hydrogen-bond donors (Lipinski definition) is 1. The van der Waals surface area contributed by atoms with E-state index in [2.05, 4.69) is 19.9 Å². The van der Waals surface area contributed by atoms with Gasteiger partial charge in [-0.05, 0) is 35.9 Å². The van der Waals surface area contributed by atoms with Crippen molar-refractivity contribution >= 4 is 11.2 Å². The summed E-state index contributed by atoms with van der Waals surface area (Å²) in [4.78, 5) is 16.4. The molecule has 0 saturated heterocycles. The Morgan fingerprint density at radius 3 is 2.72 bits per heavy atom. The molecule has 3 aromatic heterocycles. The van der Waals surface area contributed by atoms with E-state index in [0.717, 1.165) is 28.1 Å². The lowest BCUT2D eigenvalue weighted by molar-refractivity contribution is 0.0859. The Hall–Kier alpha value is -3.41. The molecular formula is C19H14N4O2. The molecule has 0 fully saturated rings. The van der Waals surface area contributed by atoms with Gasteiger partial charge in [0, 0.05) is 24.2 Å². The maximum absolute atomic E-state index is 6.01. The van der Waals surface area contributed by atoms with Crippen LogP contribution in [0.15, 0.2) is 61.1 Å². The fraction of sp³-hybridized carbons (Fsp3) is 0.105. The Morgan fingerprint density at radius 2 is 1.84 bits per heavy atom. The molecule has 25 heavy (non-hydrogen) atoms. The first-order chi connectivity index (χ1) is 12.4. The largest absolute Gasteiger partial charge is 0.485 e. The molecule has 6 nitrogen and oxygen atoms in total. The van der Waals surface area contributed by atoms with Crippen molar-refractivity contribution < 1.29 is 9.47 Å². The number of benzene rings is 1. The van der Waals surface area contributed by atoms with Crippen LogP contribution in [0.1, 0.15) is 11.9 Å². The van der Waals surface area contributed by atoms with Crippen LogP contribution < -0.4 is 9.47 Å². The SMILES string of the molecule is c1ccc2c(c1)OC[C@H](c1nc3ncc(-c4ccncc4)cc3[nH]1)O2. The van der Waals surface area contributed by atoms with E-state index < -0.39 is 0 Å². The number of imidazole rings is 1. The number of fused-ring (bicyclic) bond motifs is 2. The van der Waals surface area contributed by atoms with Crippen LogP contribution in [0.4, 0.5) is 0 Å². The molecule has 122 valence electrons. The Labute approximate surface area is 143 Å². The lowest BCUT2D eigenvalue weighted by atomic mass is 10.1. The number of ether oxygens (including phenoxy) is 2. The highest BCUT2D eigenvalue weighted by atomic mass is 16.6. The van der Waals surface area contributed by atoms with Gasteiger partial charge in [-0.25, -0.2) is 9.97 Å². The van der Waals surface area contributed by atoms with Crippen molar-refractivity contribution in [2.75, 3.05) is 6.61 Å². The first-order valence-electron chi connectivity index (χ1n) is 8.01. The minimum atomic E-state index is -0.284. The zero-order chi connectivity index (χ0) is 16.6. The van der Waals surface area contributed by atoms with Gasteiger partial charge in [0.05, 0.1) is 5.52 Å². The Balaban J connectivity index is 1.49. The molecule has 1 aromatic carbocycles. The Kier molecular flexibility index (Phi) is 3.13. The van der Waals surface area contributed by atoms with Crippen LogP contribution in [-0.4, -0.2) is 26.5 Å². The summed E-state index contributed by atoms with van der Waals surface area (Å²) < 4.78 is 11.8. The predicted octanol–water partition coefficient (Wildman–Crippen LogP) is 3.53. The lowest BCUT2D eigenvalue weighted by Crippen LogP contribution is -2.22. The smallest absolute Gasteiger partial charge is 0.190 e. The monoisotopic (exact) mass is 330 g/mol. The lowest BCUT2D eigenvalue weighted by Gasteiger charge is -2.24. The summed E-state index contributed by atoms with van der Waals surface area (Å²) >= 11 is 0. The molecule has 1 atom stereocenters. The van der Waals surface area contributed by atoms with Gasteiger partial charge < -0.3 is 14.5 Å². The van der Waals surface area contributed by atoms with Crippen molar-refractivity contribution in [2.45, 2.75) is 6.10 Å². The van der Waals surface area contributed by atoms with E-state index in [-0.39, 0.29) is 6.10 Å². The molecule has 0 spiro atoms. The Morgan fingerprint density at radius 1 is 1.00 bits per heavy atom. The van der Waals surface area contributed by atoms with E-state index >= 15 is 0 Å². The summed E-state index contributed by atoms with van der Waals surface area (Å²) in [5.74, 6) is 2.20. The predicted molar refractivity (Wildman–Crippen MR) is 92.4 cm³/mol. The highest BCUT2D eigenvalue weighted by Gasteiger charge is 2.25. The van der Waals surface area contributed by atoms with Crippen molar-refractivity contribution in [3.8, 4) is 22.6 Å². The first-order valence-corrected chi connectivity index (χ1v) is 8.01. The third-order valence-corrected chi connectivity index (χ3v) is 4.18. The summed E-state index contributed by atoms with van der Waals surface area (Å²) in [7, 11) is 0. The molecule has 4 heterocycles. The van der Waals surface area contributed by atoms with Gasteiger partial charge in [0.2, 0.25) is 0 Å². The highest BCUT2D eigenvalue weighted by Crippen LogP contribution is 2.35. The third-order valence-electron chi connectivity index (χ3n) is 4.18. The van der Waals surface area contributed by atoms with Gasteiger partial charge in [-0.15, -0.1) is 0 Å². The van der Waals surface area contributed by atoms with Crippen LogP contribution in [0.3, 0.4) is 0 Å². The summed E-state index contributed by atoms with van der Waals surface area (Å²) in [5, 5.41) is 0. The molecule has 0 unspecified atom stereocenters. The molecule has 4 aromatic rings. The number of pyridine rings is 2. The molecule has 1 aliphatic rings. The maximum atomic E-state index is 6.01. The van der Waals surface area contributed by atoms with Crippen LogP contribution in [0.5, 0.6) is 11.5 Å². The van der Waals surface area contributed by atoms with Crippen molar-refractivity contribution in [1.29, 1.82) is 0 Å². The number of para-hydroxylation sites is 2. The van der Waals surface area contributed by atoms with Gasteiger partial charge in [0.15, 0.2) is 29.1 Å². The van der Waals surface area contributed by atoms with Crippen molar-refractivity contribution in [3.63, 3.8) is 0 Å². The fourth-order valence-corrected chi connectivity index (χ4v) is 2.93. The number of rotatable bonds is 2. The van der Waals surface area contributed by atoms with Crippen molar-refractivity contribution in [1.82, 2.24) is 19.9 Å². The average Bonchev–Trinajstić information content (AvgIpc) is 3.11. The number of aromatic nitrogens is 4. The fourth-order valence-electron chi connectivity index (χ4n) is 2.93. The number of aromatic amines is 1. The maximum Gasteiger partial charge on any atom is 0.190 e. The minimum Gasteiger partial charge on any atom is -0.485 e. The van der Waals surface area contributed by atoms with E-state index in [1.807, 2.05) is 48.7 Å². The van der Waals surface area contributed by atoms with Crippen LogP contribution in [0.2, 0.25) is 0 Å². The standard InChI is InChI=1S/C19H14N4O2/c1-2-4-16-15(3-1)24-11-17(25-16)19-22-14-9-13(10-21-18(14)23-19)12-5-7-20-8-6-12/h1-10,17H,11H2,(H,21,22,23)/t17-/m1/s1. The molecule has 0 bridgehead atoms. The van der Waals surface area contributed by atoms with Crippen LogP contribution in [0, 0.1) is 0 Å². The first kappa shape index (κ1) is 14.0. The number of nitrogens with one attached hydrogen (secondary N) is 1. The molecule has 6 heteroatoms. The van der Waals surface area contributed by atoms with E-state index in [0.29, 0.717) is 18.1 Å². The molecule has 1 N–H and O–H groups in total. The summed E-state index contributed by atoms with van der Waals surface area (Å²) in [6.07, 6.45) is 5.06. The van der Waals surface area contributed by atoms with Crippen LogP contribution in [-0.2, 0) is 0 Å². The number of hydrogen-bond acceptors (Lipinski definition) is 5. The normalized spacial score (nSPS) is 16.1. The second-order valence-electron chi connectivity index (χ2n) is 5.82. The topological polar surface area (TPSA) is 72.9 Å². The van der Waals surface area contributed by atoms with Crippen molar-refractivity contribution in [2.24, 2.45) is 0 Å². The quantitative estimate of drug-likeness (QED) is 0.609. The van der Waals surface area contributed by atoms with Gasteiger partial charge in [-0.3, -0.25) is 4.98 Å². The van der Waals surface area contributed by atoms with Gasteiger partial charge in [-0.2, -0.15) is 0 Å². The van der Waals surface area contributed by atoms with E-state index in [1.165, 1.54) is 0 Å². The van der Waals surface area contributed by atoms with E-state index in [4.69, 9.17) is 9.47 Å². The third kappa shape index (κ3) is 2.48. The zero-order valence-corrected chi connectivity index (χ0v) is 13.2. The summed E-state index contributed by atoms with van der Waals surface area (Å²) in [5.41, 5.74) is 3.60. The van der Waals surface area contributed by atoms with E-state index in [9.17, 15) is 0 Å². The van der Waals surface area contributed by atoms with E-state index in [1.54, 1.807) is 12.4 Å². The van der Waals surface area contributed by atoms with Crippen LogP contribution >= 0.6 is 0 Å². The average molecular weight is 330 g/mol. The van der Waals surface area contributed by atoms with Gasteiger partial charge >= 0.3 is 0 Å². The number of nitrogens with zero attached hydrogens (tertiary/aromatic N) is 3. The zero-order valence-electron chi connectivity index (χ0n) is 13.2. The molecule has 1 aliphatic heterocycles. The minimum absolute atomic E-state index is 0.284. The highest BCUT2D eigenvalue weighted by molar-refractivity contribution is 5.78. The second-order valence-corrected chi connectivity index (χ2v) is 5.82. The molecule has 0 amide bonds. The molecule has 0 saturated carbocycles. The molecule has 0 aliphatic carbocycles. The summed E-state index contributed by atoms with van der Waals surface area (Å²) in [6, 6.07) is 13.6. The molecular weight excluding hydrogens is 316 g/mol. The van der Waals surface area contributed by atoms with Crippen molar-refractivity contribution in [3.05, 3.63) is 66.9 Å². The molecule has 0 radical (unpaired) electrons. The van der Waals surface area contributed by atoms with Gasteiger partial charge in [-0.1, -0.05) is 12.1 Å². The summed E-state index contributed by atoms with van der Waals surface area (Å²) in [6.45, 7) is 0.411. The van der Waals surface area contributed by atoms with Crippen LogP contribution in [0.25, 0.3) is 22.3 Å².